The van der Waals surface area contributed by atoms with Crippen LogP contribution in [-0.4, -0.2) is 11.5 Å². The molecule has 1 fully saturated rings. The van der Waals surface area contributed by atoms with E-state index in [1.807, 2.05) is 0 Å². The topological polar surface area (TPSA) is 24.9 Å². The maximum Gasteiger partial charge on any atom is 0.183 e. The zero-order valence-electron chi connectivity index (χ0n) is 10.4. The third-order valence-electron chi connectivity index (χ3n) is 3.90. The molecule has 0 spiro atoms. The van der Waals surface area contributed by atoms with Crippen molar-refractivity contribution in [3.8, 4) is 0 Å². The zero-order chi connectivity index (χ0) is 12.5. The minimum absolute atomic E-state index is 0.823. The van der Waals surface area contributed by atoms with Gasteiger partial charge in [-0.05, 0) is 36.5 Å². The largest absolute Gasteiger partial charge is 0.361 e. The number of nitrogens with one attached hydrogen (secondary N) is 1. The minimum atomic E-state index is 0.823. The molecule has 0 aliphatic heterocycles. The lowest BCUT2D eigenvalue weighted by atomic mass is 9.98. The van der Waals surface area contributed by atoms with Gasteiger partial charge in [0.15, 0.2) is 5.13 Å². The SMILES string of the molecule is CC1CCCC1CNc1nc2cc(Br)ccc2s1. The van der Waals surface area contributed by atoms with Gasteiger partial charge in [-0.25, -0.2) is 4.98 Å². The average molecular weight is 325 g/mol. The fourth-order valence-electron chi connectivity index (χ4n) is 2.72. The van der Waals surface area contributed by atoms with E-state index >= 15 is 0 Å². The summed E-state index contributed by atoms with van der Waals surface area (Å²) in [6, 6.07) is 6.28. The van der Waals surface area contributed by atoms with Gasteiger partial charge < -0.3 is 5.32 Å². The molecule has 3 rings (SSSR count). The Balaban J connectivity index is 1.71. The number of aromatic nitrogens is 1. The number of hydrogen-bond acceptors (Lipinski definition) is 3. The van der Waals surface area contributed by atoms with Gasteiger partial charge in [0.2, 0.25) is 0 Å². The van der Waals surface area contributed by atoms with Gasteiger partial charge in [-0.3, -0.25) is 0 Å². The summed E-state index contributed by atoms with van der Waals surface area (Å²) in [6.07, 6.45) is 4.14. The van der Waals surface area contributed by atoms with Gasteiger partial charge in [0.25, 0.3) is 0 Å². The number of nitrogens with zero attached hydrogens (tertiary/aromatic N) is 1. The highest BCUT2D eigenvalue weighted by atomic mass is 79.9. The van der Waals surface area contributed by atoms with Crippen molar-refractivity contribution in [1.82, 2.24) is 4.98 Å². The van der Waals surface area contributed by atoms with Crippen molar-refractivity contribution in [2.75, 3.05) is 11.9 Å². The zero-order valence-corrected chi connectivity index (χ0v) is 12.9. The Kier molecular flexibility index (Phi) is 3.57. The summed E-state index contributed by atoms with van der Waals surface area (Å²) in [5, 5.41) is 4.58. The second kappa shape index (κ2) is 5.17. The molecule has 1 heterocycles. The first-order chi connectivity index (χ1) is 8.72. The molecule has 1 aliphatic carbocycles. The van der Waals surface area contributed by atoms with E-state index in [0.29, 0.717) is 0 Å². The van der Waals surface area contributed by atoms with E-state index < -0.39 is 0 Å². The molecule has 1 aromatic carbocycles. The van der Waals surface area contributed by atoms with Gasteiger partial charge in [-0.15, -0.1) is 0 Å². The van der Waals surface area contributed by atoms with Gasteiger partial charge in [-0.2, -0.15) is 0 Å². The van der Waals surface area contributed by atoms with Crippen LogP contribution >= 0.6 is 27.3 Å². The molecule has 1 N–H and O–H groups in total. The Morgan fingerprint density at radius 3 is 3.11 bits per heavy atom. The van der Waals surface area contributed by atoms with Crippen LogP contribution in [0.2, 0.25) is 0 Å². The van der Waals surface area contributed by atoms with Crippen LogP contribution in [-0.2, 0) is 0 Å². The molecule has 2 atom stereocenters. The number of rotatable bonds is 3. The average Bonchev–Trinajstić information content (AvgIpc) is 2.92. The van der Waals surface area contributed by atoms with Crippen molar-refractivity contribution in [3.05, 3.63) is 22.7 Å². The van der Waals surface area contributed by atoms with Crippen molar-refractivity contribution in [2.45, 2.75) is 26.2 Å². The molecule has 0 saturated heterocycles. The van der Waals surface area contributed by atoms with Crippen LogP contribution < -0.4 is 5.32 Å². The van der Waals surface area contributed by atoms with Crippen LogP contribution in [0.25, 0.3) is 10.2 Å². The number of benzene rings is 1. The number of thiazole rings is 1. The van der Waals surface area contributed by atoms with Crippen molar-refractivity contribution in [1.29, 1.82) is 0 Å². The van der Waals surface area contributed by atoms with Gasteiger partial charge in [-0.1, -0.05) is 47.0 Å². The molecule has 2 aromatic rings. The van der Waals surface area contributed by atoms with Crippen molar-refractivity contribution in [2.24, 2.45) is 11.8 Å². The molecule has 0 bridgehead atoms. The standard InChI is InChI=1S/C14H17BrN2S/c1-9-3-2-4-10(9)8-16-14-17-12-7-11(15)5-6-13(12)18-14/h5-7,9-10H,2-4,8H2,1H3,(H,16,17). The van der Waals surface area contributed by atoms with Crippen LogP contribution in [0.1, 0.15) is 26.2 Å². The smallest absolute Gasteiger partial charge is 0.183 e. The van der Waals surface area contributed by atoms with Crippen molar-refractivity contribution >= 4 is 42.6 Å². The maximum atomic E-state index is 4.64. The van der Waals surface area contributed by atoms with E-state index in [1.165, 1.54) is 24.0 Å². The summed E-state index contributed by atoms with van der Waals surface area (Å²) in [4.78, 5) is 4.64. The first-order valence-electron chi connectivity index (χ1n) is 6.52. The van der Waals surface area contributed by atoms with E-state index in [9.17, 15) is 0 Å². The molecule has 2 nitrogen and oxygen atoms in total. The van der Waals surface area contributed by atoms with Crippen LogP contribution in [0.4, 0.5) is 5.13 Å². The third kappa shape index (κ3) is 2.54. The Morgan fingerprint density at radius 2 is 2.33 bits per heavy atom. The Morgan fingerprint density at radius 1 is 1.44 bits per heavy atom. The summed E-state index contributed by atoms with van der Waals surface area (Å²) in [5.41, 5.74) is 1.08. The summed E-state index contributed by atoms with van der Waals surface area (Å²) < 4.78 is 2.34. The highest BCUT2D eigenvalue weighted by Crippen LogP contribution is 2.32. The lowest BCUT2D eigenvalue weighted by Crippen LogP contribution is -2.16. The van der Waals surface area contributed by atoms with Crippen molar-refractivity contribution in [3.63, 3.8) is 0 Å². The quantitative estimate of drug-likeness (QED) is 0.867. The van der Waals surface area contributed by atoms with Gasteiger partial charge >= 0.3 is 0 Å². The molecule has 1 saturated carbocycles. The molecule has 1 aliphatic rings. The molecule has 18 heavy (non-hydrogen) atoms. The molecule has 0 amide bonds. The van der Waals surface area contributed by atoms with E-state index in [1.54, 1.807) is 11.3 Å². The lowest BCUT2D eigenvalue weighted by molar-refractivity contribution is 0.439. The number of anilines is 1. The van der Waals surface area contributed by atoms with Crippen molar-refractivity contribution < 1.29 is 0 Å². The highest BCUT2D eigenvalue weighted by Gasteiger charge is 2.23. The Bertz CT molecular complexity index is 552. The van der Waals surface area contributed by atoms with Gasteiger partial charge in [0, 0.05) is 11.0 Å². The predicted molar refractivity (Wildman–Crippen MR) is 82.3 cm³/mol. The minimum Gasteiger partial charge on any atom is -0.361 e. The van der Waals surface area contributed by atoms with Crippen LogP contribution in [0.5, 0.6) is 0 Å². The van der Waals surface area contributed by atoms with E-state index in [0.717, 1.165) is 33.5 Å². The normalized spacial score (nSPS) is 23.7. The summed E-state index contributed by atoms with van der Waals surface area (Å²) >= 11 is 5.23. The fourth-order valence-corrected chi connectivity index (χ4v) is 3.92. The fraction of sp³-hybridized carbons (Fsp3) is 0.500. The Labute approximate surface area is 120 Å². The summed E-state index contributed by atoms with van der Waals surface area (Å²) in [5.74, 6) is 1.68. The molecule has 1 aromatic heterocycles. The van der Waals surface area contributed by atoms with Crippen LogP contribution in [0, 0.1) is 11.8 Å². The maximum absolute atomic E-state index is 4.64. The van der Waals surface area contributed by atoms with Gasteiger partial charge in [0.05, 0.1) is 10.2 Å². The molecular weight excluding hydrogens is 308 g/mol. The number of halogens is 1. The molecule has 2 unspecified atom stereocenters. The molecule has 96 valence electrons. The molecular formula is C14H17BrN2S. The predicted octanol–water partition coefficient (Wildman–Crippen LogP) is 4.91. The second-order valence-corrected chi connectivity index (χ2v) is 7.13. The summed E-state index contributed by atoms with van der Waals surface area (Å²) in [7, 11) is 0. The first-order valence-corrected chi connectivity index (χ1v) is 8.13. The highest BCUT2D eigenvalue weighted by molar-refractivity contribution is 9.10. The van der Waals surface area contributed by atoms with Gasteiger partial charge in [0.1, 0.15) is 0 Å². The van der Waals surface area contributed by atoms with Crippen LogP contribution in [0.15, 0.2) is 22.7 Å². The molecule has 4 heteroatoms. The number of hydrogen-bond donors (Lipinski definition) is 1. The van der Waals surface area contributed by atoms with E-state index in [2.05, 4.69) is 51.4 Å². The summed E-state index contributed by atoms with van der Waals surface area (Å²) in [6.45, 7) is 3.44. The molecule has 0 radical (unpaired) electrons. The third-order valence-corrected chi connectivity index (χ3v) is 5.39. The monoisotopic (exact) mass is 324 g/mol. The first kappa shape index (κ1) is 12.4. The second-order valence-electron chi connectivity index (χ2n) is 5.18. The Hall–Kier alpha value is -0.610. The van der Waals surface area contributed by atoms with Crippen LogP contribution in [0.3, 0.4) is 0 Å². The van der Waals surface area contributed by atoms with E-state index in [4.69, 9.17) is 0 Å². The lowest BCUT2D eigenvalue weighted by Gasteiger charge is -2.14. The van der Waals surface area contributed by atoms with E-state index in [-0.39, 0.29) is 0 Å². The number of fused-ring (bicyclic) bond motifs is 1.